The molecule has 0 atom stereocenters. The number of nitrogen functional groups attached to an aromatic ring is 1. The average Bonchev–Trinajstić information content (AvgIpc) is 2.38. The number of rotatable bonds is 4. The number of nitrogens with two attached hydrogens (primary N) is 1. The van der Waals surface area contributed by atoms with Crippen molar-refractivity contribution in [2.45, 2.75) is 18.6 Å². The van der Waals surface area contributed by atoms with E-state index in [1.54, 1.807) is 6.20 Å². The molecule has 0 fully saturated rings. The van der Waals surface area contributed by atoms with Gasteiger partial charge in [0, 0.05) is 28.6 Å². The van der Waals surface area contributed by atoms with Crippen molar-refractivity contribution >= 4 is 34.0 Å². The molecule has 2 aromatic rings. The normalized spacial score (nSPS) is 11.7. The number of hydrogen-bond donors (Lipinski definition) is 2. The van der Waals surface area contributed by atoms with Crippen LogP contribution in [0.5, 0.6) is 0 Å². The minimum Gasteiger partial charge on any atom is -0.397 e. The van der Waals surface area contributed by atoms with Crippen molar-refractivity contribution in [2.24, 2.45) is 0 Å². The Labute approximate surface area is 112 Å². The van der Waals surface area contributed by atoms with Crippen LogP contribution in [-0.2, 0) is 0 Å². The monoisotopic (exact) mass is 261 g/mol. The van der Waals surface area contributed by atoms with Gasteiger partial charge in [-0.2, -0.15) is 11.8 Å². The molecule has 0 spiro atoms. The number of pyridine rings is 1. The Bertz CT molecular complexity index is 552. The predicted molar refractivity (Wildman–Crippen MR) is 82.2 cm³/mol. The van der Waals surface area contributed by atoms with Crippen molar-refractivity contribution in [1.29, 1.82) is 0 Å². The SMILES string of the molecule is CSC(C)(C)CNc1ccc(N)c2ncccc12. The molecule has 0 saturated heterocycles. The molecule has 4 heteroatoms. The smallest absolute Gasteiger partial charge is 0.0951 e. The summed E-state index contributed by atoms with van der Waals surface area (Å²) in [5.41, 5.74) is 8.62. The third kappa shape index (κ3) is 2.70. The topological polar surface area (TPSA) is 50.9 Å². The molecule has 18 heavy (non-hydrogen) atoms. The van der Waals surface area contributed by atoms with Gasteiger partial charge in [-0.3, -0.25) is 4.98 Å². The number of hydrogen-bond acceptors (Lipinski definition) is 4. The number of anilines is 2. The van der Waals surface area contributed by atoms with E-state index in [0.29, 0.717) is 0 Å². The first-order valence-corrected chi connectivity index (χ1v) is 7.18. The van der Waals surface area contributed by atoms with Crippen molar-refractivity contribution in [3.05, 3.63) is 30.5 Å². The number of aromatic nitrogens is 1. The van der Waals surface area contributed by atoms with Crippen LogP contribution in [0.1, 0.15) is 13.8 Å². The maximum absolute atomic E-state index is 5.94. The van der Waals surface area contributed by atoms with Gasteiger partial charge in [0.2, 0.25) is 0 Å². The lowest BCUT2D eigenvalue weighted by Gasteiger charge is -2.23. The summed E-state index contributed by atoms with van der Waals surface area (Å²) >= 11 is 1.85. The Morgan fingerprint density at radius 1 is 1.33 bits per heavy atom. The summed E-state index contributed by atoms with van der Waals surface area (Å²) in [5, 5.41) is 4.57. The van der Waals surface area contributed by atoms with Crippen molar-refractivity contribution in [1.82, 2.24) is 4.98 Å². The number of fused-ring (bicyclic) bond motifs is 1. The van der Waals surface area contributed by atoms with Gasteiger partial charge in [-0.05, 0) is 44.4 Å². The molecule has 1 aromatic carbocycles. The molecule has 0 amide bonds. The summed E-state index contributed by atoms with van der Waals surface area (Å²) < 4.78 is 0.204. The standard InChI is InChI=1S/C14H19N3S/c1-14(2,18-3)9-17-12-7-6-11(15)13-10(12)5-4-8-16-13/h4-8,17H,9,15H2,1-3H3. The van der Waals surface area contributed by atoms with E-state index in [1.807, 2.05) is 36.0 Å². The minimum atomic E-state index is 0.204. The molecule has 3 N–H and O–H groups in total. The molecule has 0 aliphatic rings. The van der Waals surface area contributed by atoms with Crippen LogP contribution in [0.2, 0.25) is 0 Å². The van der Waals surface area contributed by atoms with E-state index in [4.69, 9.17) is 5.73 Å². The van der Waals surface area contributed by atoms with Crippen LogP contribution < -0.4 is 11.1 Å². The Kier molecular flexibility index (Phi) is 3.66. The molecule has 0 aliphatic heterocycles. The van der Waals surface area contributed by atoms with Crippen LogP contribution >= 0.6 is 11.8 Å². The van der Waals surface area contributed by atoms with Gasteiger partial charge in [-0.1, -0.05) is 0 Å². The molecule has 0 aliphatic carbocycles. The first-order chi connectivity index (χ1) is 8.53. The highest BCUT2D eigenvalue weighted by Gasteiger charge is 2.16. The number of thioether (sulfide) groups is 1. The van der Waals surface area contributed by atoms with Gasteiger partial charge in [0.25, 0.3) is 0 Å². The highest BCUT2D eigenvalue weighted by atomic mass is 32.2. The van der Waals surface area contributed by atoms with Gasteiger partial charge in [0.15, 0.2) is 0 Å². The lowest BCUT2D eigenvalue weighted by molar-refractivity contribution is 0.753. The van der Waals surface area contributed by atoms with Gasteiger partial charge in [0.05, 0.1) is 11.2 Å². The first-order valence-electron chi connectivity index (χ1n) is 5.96. The van der Waals surface area contributed by atoms with Crippen molar-refractivity contribution in [3.8, 4) is 0 Å². The number of nitrogens with one attached hydrogen (secondary N) is 1. The molecular weight excluding hydrogens is 242 g/mol. The molecule has 96 valence electrons. The van der Waals surface area contributed by atoms with Gasteiger partial charge >= 0.3 is 0 Å². The molecular formula is C14H19N3S. The molecule has 1 heterocycles. The largest absolute Gasteiger partial charge is 0.397 e. The Morgan fingerprint density at radius 2 is 2.11 bits per heavy atom. The van der Waals surface area contributed by atoms with E-state index in [2.05, 4.69) is 30.4 Å². The zero-order valence-corrected chi connectivity index (χ0v) is 11.8. The maximum Gasteiger partial charge on any atom is 0.0951 e. The summed E-state index contributed by atoms with van der Waals surface area (Å²) in [5.74, 6) is 0. The summed E-state index contributed by atoms with van der Waals surface area (Å²) in [6.45, 7) is 5.35. The predicted octanol–water partition coefficient (Wildman–Crippen LogP) is 3.37. The Balaban J connectivity index is 2.32. The molecule has 1 aromatic heterocycles. The summed E-state index contributed by atoms with van der Waals surface area (Å²) in [7, 11) is 0. The highest BCUT2D eigenvalue weighted by molar-refractivity contribution is 7.99. The van der Waals surface area contributed by atoms with Crippen LogP contribution in [0, 0.1) is 0 Å². The third-order valence-electron chi connectivity index (χ3n) is 3.06. The number of benzene rings is 1. The van der Waals surface area contributed by atoms with E-state index in [1.165, 1.54) is 0 Å². The van der Waals surface area contributed by atoms with E-state index in [0.717, 1.165) is 28.8 Å². The highest BCUT2D eigenvalue weighted by Crippen LogP contribution is 2.28. The second-order valence-electron chi connectivity index (χ2n) is 4.92. The Morgan fingerprint density at radius 3 is 2.83 bits per heavy atom. The molecule has 3 nitrogen and oxygen atoms in total. The lowest BCUT2D eigenvalue weighted by Crippen LogP contribution is -2.25. The molecule has 0 bridgehead atoms. The zero-order valence-electron chi connectivity index (χ0n) is 11.0. The quantitative estimate of drug-likeness (QED) is 0.829. The van der Waals surface area contributed by atoms with E-state index in [-0.39, 0.29) is 4.75 Å². The van der Waals surface area contributed by atoms with E-state index >= 15 is 0 Å². The van der Waals surface area contributed by atoms with Crippen LogP contribution in [-0.4, -0.2) is 22.5 Å². The third-order valence-corrected chi connectivity index (χ3v) is 4.31. The summed E-state index contributed by atoms with van der Waals surface area (Å²) in [6, 6.07) is 7.92. The Hall–Kier alpha value is -1.42. The molecule has 0 saturated carbocycles. The van der Waals surface area contributed by atoms with Crippen molar-refractivity contribution in [2.75, 3.05) is 23.9 Å². The number of nitrogens with zero attached hydrogens (tertiary/aromatic N) is 1. The fraction of sp³-hybridized carbons (Fsp3) is 0.357. The van der Waals surface area contributed by atoms with Crippen molar-refractivity contribution < 1.29 is 0 Å². The molecule has 0 radical (unpaired) electrons. The van der Waals surface area contributed by atoms with Crippen molar-refractivity contribution in [3.63, 3.8) is 0 Å². The van der Waals surface area contributed by atoms with Crippen LogP contribution in [0.3, 0.4) is 0 Å². The second kappa shape index (κ2) is 5.06. The fourth-order valence-electron chi connectivity index (χ4n) is 1.73. The van der Waals surface area contributed by atoms with Crippen LogP contribution in [0.25, 0.3) is 10.9 Å². The van der Waals surface area contributed by atoms with Gasteiger partial charge in [0.1, 0.15) is 0 Å². The van der Waals surface area contributed by atoms with E-state index in [9.17, 15) is 0 Å². The van der Waals surface area contributed by atoms with Gasteiger partial charge in [-0.15, -0.1) is 0 Å². The van der Waals surface area contributed by atoms with E-state index < -0.39 is 0 Å². The summed E-state index contributed by atoms with van der Waals surface area (Å²) in [4.78, 5) is 4.34. The lowest BCUT2D eigenvalue weighted by atomic mass is 10.1. The first kappa shape index (κ1) is 13.0. The fourth-order valence-corrected chi connectivity index (χ4v) is 1.95. The van der Waals surface area contributed by atoms with Crippen LogP contribution in [0.15, 0.2) is 30.5 Å². The second-order valence-corrected chi connectivity index (χ2v) is 6.43. The average molecular weight is 261 g/mol. The molecule has 2 rings (SSSR count). The maximum atomic E-state index is 5.94. The zero-order chi connectivity index (χ0) is 13.2. The van der Waals surface area contributed by atoms with Gasteiger partial charge < -0.3 is 11.1 Å². The minimum absolute atomic E-state index is 0.204. The summed E-state index contributed by atoms with van der Waals surface area (Å²) in [6.07, 6.45) is 3.90. The van der Waals surface area contributed by atoms with Crippen LogP contribution in [0.4, 0.5) is 11.4 Å². The van der Waals surface area contributed by atoms with Gasteiger partial charge in [-0.25, -0.2) is 0 Å². The molecule has 0 unspecified atom stereocenters.